The summed E-state index contributed by atoms with van der Waals surface area (Å²) in [5, 5.41) is 0. The van der Waals surface area contributed by atoms with Gasteiger partial charge in [-0.3, -0.25) is 4.79 Å². The monoisotopic (exact) mass is 313 g/mol. The van der Waals surface area contributed by atoms with Crippen molar-refractivity contribution in [3.8, 4) is 0 Å². The van der Waals surface area contributed by atoms with Crippen LogP contribution in [0, 0.1) is 6.92 Å². The number of furan rings is 1. The first-order chi connectivity index (χ1) is 11.1. The van der Waals surface area contributed by atoms with E-state index in [9.17, 15) is 9.59 Å². The van der Waals surface area contributed by atoms with Crippen LogP contribution in [0.25, 0.3) is 0 Å². The summed E-state index contributed by atoms with van der Waals surface area (Å²) in [4.78, 5) is 26.3. The Morgan fingerprint density at radius 1 is 1.22 bits per heavy atom. The minimum atomic E-state index is -0.836. The molecule has 0 spiro atoms. The zero-order chi connectivity index (χ0) is 16.4. The van der Waals surface area contributed by atoms with Crippen LogP contribution in [0.2, 0.25) is 0 Å². The van der Waals surface area contributed by atoms with Gasteiger partial charge in [-0.25, -0.2) is 4.79 Å². The van der Waals surface area contributed by atoms with E-state index in [0.717, 1.165) is 12.0 Å². The number of nitrogens with zero attached hydrogens (tertiary/aromatic N) is 1. The number of esters is 1. The summed E-state index contributed by atoms with van der Waals surface area (Å²) < 4.78 is 10.4. The maximum absolute atomic E-state index is 12.5. The van der Waals surface area contributed by atoms with E-state index in [1.807, 2.05) is 18.2 Å². The van der Waals surface area contributed by atoms with Crippen molar-refractivity contribution >= 4 is 11.9 Å². The Morgan fingerprint density at radius 2 is 1.96 bits per heavy atom. The molecule has 1 unspecified atom stereocenters. The Kier molecular flexibility index (Phi) is 4.19. The van der Waals surface area contributed by atoms with Crippen molar-refractivity contribution in [2.45, 2.75) is 32.9 Å². The Hall–Kier alpha value is -2.56. The SMILES string of the molecule is Cc1ccoc1C(=O)OC(C)C(=O)N1CCc2ccccc2C1. The number of carbonyl (C=O) groups is 2. The van der Waals surface area contributed by atoms with Crippen molar-refractivity contribution < 1.29 is 18.7 Å². The molecule has 0 saturated carbocycles. The second-order valence-corrected chi connectivity index (χ2v) is 5.76. The van der Waals surface area contributed by atoms with Crippen molar-refractivity contribution in [2.24, 2.45) is 0 Å². The molecule has 0 aliphatic carbocycles. The Morgan fingerprint density at radius 3 is 2.65 bits per heavy atom. The van der Waals surface area contributed by atoms with Crippen LogP contribution in [0.15, 0.2) is 41.0 Å². The lowest BCUT2D eigenvalue weighted by Crippen LogP contribution is -2.42. The molecular formula is C18H19NO4. The van der Waals surface area contributed by atoms with E-state index in [1.165, 1.54) is 11.8 Å². The number of carbonyl (C=O) groups excluding carboxylic acids is 2. The van der Waals surface area contributed by atoms with Gasteiger partial charge >= 0.3 is 5.97 Å². The molecule has 23 heavy (non-hydrogen) atoms. The molecule has 0 bridgehead atoms. The van der Waals surface area contributed by atoms with Gasteiger partial charge in [0.05, 0.1) is 6.26 Å². The van der Waals surface area contributed by atoms with Crippen molar-refractivity contribution in [3.05, 3.63) is 59.0 Å². The summed E-state index contributed by atoms with van der Waals surface area (Å²) in [7, 11) is 0. The highest BCUT2D eigenvalue weighted by Gasteiger charge is 2.28. The molecule has 1 aliphatic rings. The number of aryl methyl sites for hydroxylation is 1. The number of benzene rings is 1. The van der Waals surface area contributed by atoms with E-state index in [1.54, 1.807) is 24.8 Å². The third-order valence-electron chi connectivity index (χ3n) is 4.12. The molecule has 5 nitrogen and oxygen atoms in total. The van der Waals surface area contributed by atoms with Crippen LogP contribution in [0.4, 0.5) is 0 Å². The minimum absolute atomic E-state index is 0.147. The van der Waals surface area contributed by atoms with Gasteiger partial charge in [0, 0.05) is 18.7 Å². The first kappa shape index (κ1) is 15.3. The molecule has 1 atom stereocenters. The molecule has 3 rings (SSSR count). The predicted molar refractivity (Wildman–Crippen MR) is 83.9 cm³/mol. The first-order valence-corrected chi connectivity index (χ1v) is 7.67. The number of fused-ring (bicyclic) bond motifs is 1. The average molecular weight is 313 g/mol. The molecule has 2 heterocycles. The quantitative estimate of drug-likeness (QED) is 0.818. The summed E-state index contributed by atoms with van der Waals surface area (Å²) in [6, 6.07) is 9.77. The van der Waals surface area contributed by atoms with Crippen molar-refractivity contribution in [1.82, 2.24) is 4.90 Å². The number of amides is 1. The van der Waals surface area contributed by atoms with Crippen molar-refractivity contribution in [3.63, 3.8) is 0 Å². The molecule has 2 aromatic rings. The van der Waals surface area contributed by atoms with Gasteiger partial charge in [0.2, 0.25) is 5.76 Å². The Bertz CT molecular complexity index is 734. The predicted octanol–water partition coefficient (Wildman–Crippen LogP) is 2.72. The van der Waals surface area contributed by atoms with Gasteiger partial charge in [0.25, 0.3) is 5.91 Å². The molecular weight excluding hydrogens is 294 g/mol. The van der Waals surface area contributed by atoms with Crippen LogP contribution in [0.3, 0.4) is 0 Å². The number of hydrogen-bond acceptors (Lipinski definition) is 4. The van der Waals surface area contributed by atoms with Crippen molar-refractivity contribution in [2.75, 3.05) is 6.54 Å². The maximum Gasteiger partial charge on any atom is 0.375 e. The molecule has 0 fully saturated rings. The van der Waals surface area contributed by atoms with E-state index in [0.29, 0.717) is 18.7 Å². The lowest BCUT2D eigenvalue weighted by Gasteiger charge is -2.30. The van der Waals surface area contributed by atoms with Crippen LogP contribution in [-0.2, 0) is 22.5 Å². The summed E-state index contributed by atoms with van der Waals surface area (Å²) >= 11 is 0. The lowest BCUT2D eigenvalue weighted by molar-refractivity contribution is -0.140. The fourth-order valence-electron chi connectivity index (χ4n) is 2.79. The van der Waals surface area contributed by atoms with E-state index >= 15 is 0 Å². The second kappa shape index (κ2) is 6.28. The van der Waals surface area contributed by atoms with E-state index in [4.69, 9.17) is 9.15 Å². The van der Waals surface area contributed by atoms with Gasteiger partial charge in [0.15, 0.2) is 6.10 Å². The standard InChI is InChI=1S/C18H19NO4/c1-12-8-10-22-16(12)18(21)23-13(2)17(20)19-9-7-14-5-3-4-6-15(14)11-19/h3-6,8,10,13H,7,9,11H2,1-2H3. The van der Waals surface area contributed by atoms with Crippen LogP contribution >= 0.6 is 0 Å². The first-order valence-electron chi connectivity index (χ1n) is 7.67. The molecule has 1 aromatic carbocycles. The van der Waals surface area contributed by atoms with E-state index < -0.39 is 12.1 Å². The van der Waals surface area contributed by atoms with E-state index in [2.05, 4.69) is 6.07 Å². The third-order valence-corrected chi connectivity index (χ3v) is 4.12. The topological polar surface area (TPSA) is 59.8 Å². The van der Waals surface area contributed by atoms with Gasteiger partial charge in [-0.2, -0.15) is 0 Å². The van der Waals surface area contributed by atoms with Gasteiger partial charge in [-0.1, -0.05) is 24.3 Å². The highest BCUT2D eigenvalue weighted by Crippen LogP contribution is 2.20. The number of ether oxygens (including phenoxy) is 1. The fourth-order valence-corrected chi connectivity index (χ4v) is 2.79. The van der Waals surface area contributed by atoms with Crippen LogP contribution in [-0.4, -0.2) is 29.4 Å². The molecule has 1 aliphatic heterocycles. The summed E-state index contributed by atoms with van der Waals surface area (Å²) in [6.45, 7) is 4.54. The normalized spacial score (nSPS) is 15.0. The fraction of sp³-hybridized carbons (Fsp3) is 0.333. The highest BCUT2D eigenvalue weighted by atomic mass is 16.6. The average Bonchev–Trinajstić information content (AvgIpc) is 2.99. The maximum atomic E-state index is 12.5. The van der Waals surface area contributed by atoms with Gasteiger partial charge < -0.3 is 14.1 Å². The molecule has 120 valence electrons. The second-order valence-electron chi connectivity index (χ2n) is 5.76. The molecule has 1 aromatic heterocycles. The van der Waals surface area contributed by atoms with Crippen LogP contribution < -0.4 is 0 Å². The smallest absolute Gasteiger partial charge is 0.375 e. The molecule has 0 N–H and O–H groups in total. The summed E-state index contributed by atoms with van der Waals surface area (Å²) in [6.07, 6.45) is 1.41. The lowest BCUT2D eigenvalue weighted by atomic mass is 9.99. The van der Waals surface area contributed by atoms with E-state index in [-0.39, 0.29) is 11.7 Å². The summed E-state index contributed by atoms with van der Waals surface area (Å²) in [5.74, 6) is -0.642. The zero-order valence-electron chi connectivity index (χ0n) is 13.2. The largest absolute Gasteiger partial charge is 0.457 e. The minimum Gasteiger partial charge on any atom is -0.457 e. The number of hydrogen-bond donors (Lipinski definition) is 0. The highest BCUT2D eigenvalue weighted by molar-refractivity contribution is 5.91. The van der Waals surface area contributed by atoms with Crippen molar-refractivity contribution in [1.29, 1.82) is 0 Å². The molecule has 5 heteroatoms. The third kappa shape index (κ3) is 3.13. The molecule has 0 saturated heterocycles. The Balaban J connectivity index is 1.64. The Labute approximate surface area is 134 Å². The van der Waals surface area contributed by atoms with Crippen LogP contribution in [0.1, 0.15) is 34.2 Å². The zero-order valence-corrected chi connectivity index (χ0v) is 13.2. The number of rotatable bonds is 3. The van der Waals surface area contributed by atoms with Gasteiger partial charge in [-0.15, -0.1) is 0 Å². The molecule has 0 radical (unpaired) electrons. The molecule has 1 amide bonds. The van der Waals surface area contributed by atoms with Gasteiger partial charge in [-0.05, 0) is 37.5 Å². The van der Waals surface area contributed by atoms with Crippen LogP contribution in [0.5, 0.6) is 0 Å². The summed E-state index contributed by atoms with van der Waals surface area (Å²) in [5.41, 5.74) is 3.11. The van der Waals surface area contributed by atoms with Gasteiger partial charge in [0.1, 0.15) is 0 Å².